The Labute approximate surface area is 168 Å². The van der Waals surface area contributed by atoms with E-state index in [0.717, 1.165) is 48.6 Å². The zero-order chi connectivity index (χ0) is 20.1. The first kappa shape index (κ1) is 20.2. The first-order chi connectivity index (χ1) is 13.4. The molecule has 1 heterocycles. The standard InChI is InChI=1S/C19H26N6O2S/c1-12-8-10-14(11-9-12)16-23-24-19(25(16)20)28-13(2)17(26)22-18(27)21-15-6-4-3-5-7-15/h8-11,13,15H,3-7,20H2,1-2H3,(H2,21,22,26,27)/t13-/m0/s1. The van der Waals surface area contributed by atoms with Gasteiger partial charge in [-0.25, -0.2) is 9.47 Å². The van der Waals surface area contributed by atoms with Gasteiger partial charge in [-0.05, 0) is 26.7 Å². The van der Waals surface area contributed by atoms with Crippen LogP contribution in [0.5, 0.6) is 0 Å². The van der Waals surface area contributed by atoms with Crippen molar-refractivity contribution in [3.8, 4) is 11.4 Å². The number of carbonyl (C=O) groups is 2. The van der Waals surface area contributed by atoms with E-state index in [0.29, 0.717) is 11.0 Å². The Kier molecular flexibility index (Phi) is 6.56. The second-order valence-corrected chi connectivity index (χ2v) is 8.41. The number of amides is 3. The highest BCUT2D eigenvalue weighted by molar-refractivity contribution is 8.00. The number of carbonyl (C=O) groups excluding carboxylic acids is 2. The van der Waals surface area contributed by atoms with E-state index in [4.69, 9.17) is 5.84 Å². The van der Waals surface area contributed by atoms with Gasteiger partial charge in [-0.3, -0.25) is 10.1 Å². The van der Waals surface area contributed by atoms with E-state index < -0.39 is 17.2 Å². The van der Waals surface area contributed by atoms with Crippen LogP contribution in [0, 0.1) is 6.92 Å². The van der Waals surface area contributed by atoms with Crippen LogP contribution in [0.15, 0.2) is 29.4 Å². The van der Waals surface area contributed by atoms with E-state index in [1.807, 2.05) is 31.2 Å². The second-order valence-electron chi connectivity index (χ2n) is 7.10. The van der Waals surface area contributed by atoms with Crippen molar-refractivity contribution in [3.63, 3.8) is 0 Å². The van der Waals surface area contributed by atoms with Crippen LogP contribution in [-0.2, 0) is 4.79 Å². The van der Waals surface area contributed by atoms with Crippen molar-refractivity contribution < 1.29 is 9.59 Å². The molecule has 3 amide bonds. The minimum Gasteiger partial charge on any atom is -0.335 e. The highest BCUT2D eigenvalue weighted by Crippen LogP contribution is 2.25. The summed E-state index contributed by atoms with van der Waals surface area (Å²) in [6, 6.07) is 7.48. The molecular formula is C19H26N6O2S. The number of rotatable bonds is 5. The maximum atomic E-state index is 12.3. The highest BCUT2D eigenvalue weighted by Gasteiger charge is 2.23. The Morgan fingerprint density at radius 2 is 1.86 bits per heavy atom. The fourth-order valence-electron chi connectivity index (χ4n) is 3.15. The summed E-state index contributed by atoms with van der Waals surface area (Å²) in [6.45, 7) is 3.71. The molecule has 0 radical (unpaired) electrons. The lowest BCUT2D eigenvalue weighted by Crippen LogP contribution is -2.47. The van der Waals surface area contributed by atoms with E-state index in [1.54, 1.807) is 6.92 Å². The van der Waals surface area contributed by atoms with Gasteiger partial charge in [0.15, 0.2) is 5.82 Å². The van der Waals surface area contributed by atoms with Crippen LogP contribution < -0.4 is 16.5 Å². The third-order valence-electron chi connectivity index (χ3n) is 4.80. The lowest BCUT2D eigenvalue weighted by atomic mass is 9.96. The monoisotopic (exact) mass is 402 g/mol. The predicted octanol–water partition coefficient (Wildman–Crippen LogP) is 2.61. The minimum absolute atomic E-state index is 0.147. The van der Waals surface area contributed by atoms with E-state index >= 15 is 0 Å². The van der Waals surface area contributed by atoms with Crippen molar-refractivity contribution >= 4 is 23.7 Å². The molecule has 2 aromatic rings. The number of hydrogen-bond donors (Lipinski definition) is 3. The Hall–Kier alpha value is -2.55. The van der Waals surface area contributed by atoms with Crippen LogP contribution >= 0.6 is 11.8 Å². The second kappa shape index (κ2) is 9.09. The van der Waals surface area contributed by atoms with Gasteiger partial charge in [0.25, 0.3) is 0 Å². The summed E-state index contributed by atoms with van der Waals surface area (Å²) in [7, 11) is 0. The Morgan fingerprint density at radius 1 is 1.18 bits per heavy atom. The quantitative estimate of drug-likeness (QED) is 0.523. The molecule has 1 aliphatic rings. The summed E-state index contributed by atoms with van der Waals surface area (Å²) < 4.78 is 1.36. The number of urea groups is 1. The normalized spacial score (nSPS) is 15.8. The van der Waals surface area contributed by atoms with Crippen LogP contribution in [0.1, 0.15) is 44.6 Å². The van der Waals surface area contributed by atoms with Gasteiger partial charge in [-0.15, -0.1) is 10.2 Å². The Bertz CT molecular complexity index is 829. The molecule has 1 saturated carbocycles. The molecule has 150 valence electrons. The van der Waals surface area contributed by atoms with Gasteiger partial charge in [0.1, 0.15) is 0 Å². The Morgan fingerprint density at radius 3 is 2.54 bits per heavy atom. The number of nitrogen functional groups attached to an aromatic ring is 1. The molecule has 1 aromatic heterocycles. The number of aromatic nitrogens is 3. The SMILES string of the molecule is Cc1ccc(-c2nnc(S[C@@H](C)C(=O)NC(=O)NC3CCCCC3)n2N)cc1. The van der Waals surface area contributed by atoms with Gasteiger partial charge in [0.2, 0.25) is 11.1 Å². The number of nitrogens with zero attached hydrogens (tertiary/aromatic N) is 3. The summed E-state index contributed by atoms with van der Waals surface area (Å²) in [5.74, 6) is 6.23. The summed E-state index contributed by atoms with van der Waals surface area (Å²) >= 11 is 1.16. The van der Waals surface area contributed by atoms with Crippen LogP contribution in [0.2, 0.25) is 0 Å². The molecule has 8 nitrogen and oxygen atoms in total. The van der Waals surface area contributed by atoms with Gasteiger partial charge >= 0.3 is 6.03 Å². The molecule has 1 atom stereocenters. The van der Waals surface area contributed by atoms with Gasteiger partial charge < -0.3 is 11.2 Å². The molecule has 4 N–H and O–H groups in total. The summed E-state index contributed by atoms with van der Waals surface area (Å²) in [5, 5.41) is 13.3. The largest absolute Gasteiger partial charge is 0.335 e. The molecule has 0 unspecified atom stereocenters. The molecule has 0 saturated heterocycles. The summed E-state index contributed by atoms with van der Waals surface area (Å²) in [6.07, 6.45) is 5.35. The number of hydrogen-bond acceptors (Lipinski definition) is 6. The Balaban J connectivity index is 1.56. The van der Waals surface area contributed by atoms with E-state index in [1.165, 1.54) is 11.1 Å². The third kappa shape index (κ3) is 5.03. The zero-order valence-electron chi connectivity index (χ0n) is 16.1. The van der Waals surface area contributed by atoms with E-state index in [2.05, 4.69) is 20.8 Å². The molecule has 9 heteroatoms. The lowest BCUT2D eigenvalue weighted by Gasteiger charge is -2.22. The van der Waals surface area contributed by atoms with Crippen molar-refractivity contribution in [2.45, 2.75) is 62.4 Å². The van der Waals surface area contributed by atoms with E-state index in [-0.39, 0.29) is 6.04 Å². The third-order valence-corrected chi connectivity index (χ3v) is 5.86. The van der Waals surface area contributed by atoms with Crippen LogP contribution in [0.25, 0.3) is 11.4 Å². The molecule has 3 rings (SSSR count). The molecule has 28 heavy (non-hydrogen) atoms. The molecular weight excluding hydrogens is 376 g/mol. The minimum atomic E-state index is -0.547. The number of nitrogens with two attached hydrogens (primary N) is 1. The molecule has 0 bridgehead atoms. The highest BCUT2D eigenvalue weighted by atomic mass is 32.2. The fraction of sp³-hybridized carbons (Fsp3) is 0.474. The predicted molar refractivity (Wildman–Crippen MR) is 109 cm³/mol. The molecule has 1 aliphatic carbocycles. The number of thioether (sulfide) groups is 1. The van der Waals surface area contributed by atoms with Crippen molar-refractivity contribution in [2.75, 3.05) is 5.84 Å². The van der Waals surface area contributed by atoms with Crippen LogP contribution in [0.4, 0.5) is 4.79 Å². The van der Waals surface area contributed by atoms with Gasteiger partial charge in [0, 0.05) is 11.6 Å². The number of benzene rings is 1. The summed E-state index contributed by atoms with van der Waals surface area (Å²) in [5.41, 5.74) is 1.98. The first-order valence-corrected chi connectivity index (χ1v) is 10.4. The fourth-order valence-corrected chi connectivity index (χ4v) is 3.92. The maximum absolute atomic E-state index is 12.3. The summed E-state index contributed by atoms with van der Waals surface area (Å²) in [4.78, 5) is 24.4. The molecule has 1 aromatic carbocycles. The van der Waals surface area contributed by atoms with Crippen LogP contribution in [0.3, 0.4) is 0 Å². The number of imide groups is 1. The van der Waals surface area contributed by atoms with Crippen LogP contribution in [-0.4, -0.2) is 38.1 Å². The molecule has 0 spiro atoms. The zero-order valence-corrected chi connectivity index (χ0v) is 17.0. The average molecular weight is 403 g/mol. The van der Waals surface area contributed by atoms with Crippen molar-refractivity contribution in [1.29, 1.82) is 0 Å². The van der Waals surface area contributed by atoms with E-state index in [9.17, 15) is 9.59 Å². The topological polar surface area (TPSA) is 115 Å². The molecule has 1 fully saturated rings. The van der Waals surface area contributed by atoms with Gasteiger partial charge in [0.05, 0.1) is 5.25 Å². The lowest BCUT2D eigenvalue weighted by molar-refractivity contribution is -0.119. The number of aryl methyl sites for hydroxylation is 1. The van der Waals surface area contributed by atoms with Gasteiger partial charge in [-0.1, -0.05) is 60.9 Å². The first-order valence-electron chi connectivity index (χ1n) is 9.49. The van der Waals surface area contributed by atoms with Crippen molar-refractivity contribution in [3.05, 3.63) is 29.8 Å². The maximum Gasteiger partial charge on any atom is 0.321 e. The smallest absolute Gasteiger partial charge is 0.321 e. The number of nitrogens with one attached hydrogen (secondary N) is 2. The van der Waals surface area contributed by atoms with Crippen molar-refractivity contribution in [1.82, 2.24) is 25.5 Å². The van der Waals surface area contributed by atoms with Gasteiger partial charge in [-0.2, -0.15) is 0 Å². The average Bonchev–Trinajstić information content (AvgIpc) is 3.03. The van der Waals surface area contributed by atoms with Crippen molar-refractivity contribution in [2.24, 2.45) is 0 Å². The molecule has 0 aliphatic heterocycles.